The van der Waals surface area contributed by atoms with E-state index in [0.717, 1.165) is 24.7 Å². The van der Waals surface area contributed by atoms with E-state index in [9.17, 15) is 13.2 Å². The smallest absolute Gasteiger partial charge is 0.313 e. The average Bonchev–Trinajstić information content (AvgIpc) is 2.92. The van der Waals surface area contributed by atoms with Gasteiger partial charge in [-0.25, -0.2) is 4.98 Å². The van der Waals surface area contributed by atoms with Crippen molar-refractivity contribution in [3.63, 3.8) is 0 Å². The molecule has 1 aromatic carbocycles. The van der Waals surface area contributed by atoms with E-state index in [0.29, 0.717) is 17.3 Å². The second kappa shape index (κ2) is 6.95. The molecule has 0 aliphatic heterocycles. The summed E-state index contributed by atoms with van der Waals surface area (Å²) in [5.41, 5.74) is -0.0441. The van der Waals surface area contributed by atoms with Gasteiger partial charge in [0.05, 0.1) is 5.56 Å². The van der Waals surface area contributed by atoms with Crippen LogP contribution in [0, 0.1) is 0 Å². The first-order valence-corrected chi connectivity index (χ1v) is 7.26. The molecular weight excluding hydrogens is 301 g/mol. The molecule has 0 radical (unpaired) electrons. The molecule has 0 aliphatic rings. The van der Waals surface area contributed by atoms with Gasteiger partial charge in [-0.2, -0.15) is 18.3 Å². The lowest BCUT2D eigenvalue weighted by Gasteiger charge is -2.13. The van der Waals surface area contributed by atoms with Gasteiger partial charge in [0.2, 0.25) is 0 Å². The highest BCUT2D eigenvalue weighted by Crippen LogP contribution is 2.38. The summed E-state index contributed by atoms with van der Waals surface area (Å²) in [6.45, 7) is 3.20. The molecule has 2 rings (SSSR count). The predicted molar refractivity (Wildman–Crippen MR) is 73.9 cm³/mol. The maximum atomic E-state index is 13.2. The van der Waals surface area contributed by atoms with Crippen molar-refractivity contribution >= 4 is 11.8 Å². The van der Waals surface area contributed by atoms with Gasteiger partial charge in [-0.3, -0.25) is 5.10 Å². The standard InChI is InChI=1S/C13H15F3N4S/c1-2-5-17-7-9-3-4-11(10(6-9)13(14,15)16)21-12-18-8-19-20-12/h3-4,6,8,17H,2,5,7H2,1H3,(H,18,19,20). The quantitative estimate of drug-likeness (QED) is 0.801. The Hall–Kier alpha value is -1.54. The Bertz CT molecular complexity index is 569. The first-order chi connectivity index (χ1) is 10.0. The molecular formula is C13H15F3N4S. The monoisotopic (exact) mass is 316 g/mol. The fraction of sp³-hybridized carbons (Fsp3) is 0.385. The van der Waals surface area contributed by atoms with E-state index in [1.807, 2.05) is 6.92 Å². The number of aromatic amines is 1. The fourth-order valence-electron chi connectivity index (χ4n) is 1.75. The lowest BCUT2D eigenvalue weighted by Crippen LogP contribution is -2.15. The van der Waals surface area contributed by atoms with E-state index in [1.54, 1.807) is 6.07 Å². The molecule has 21 heavy (non-hydrogen) atoms. The Morgan fingerprint density at radius 2 is 2.14 bits per heavy atom. The molecule has 0 fully saturated rings. The third kappa shape index (κ3) is 4.47. The van der Waals surface area contributed by atoms with E-state index in [1.165, 1.54) is 18.5 Å². The number of halogens is 3. The molecule has 1 heterocycles. The number of nitrogens with one attached hydrogen (secondary N) is 2. The van der Waals surface area contributed by atoms with Crippen LogP contribution in [0.15, 0.2) is 34.6 Å². The van der Waals surface area contributed by atoms with Crippen LogP contribution >= 0.6 is 11.8 Å². The molecule has 0 saturated heterocycles. The zero-order valence-electron chi connectivity index (χ0n) is 11.4. The molecule has 8 heteroatoms. The van der Waals surface area contributed by atoms with Crippen LogP contribution in [0.5, 0.6) is 0 Å². The third-order valence-electron chi connectivity index (χ3n) is 2.70. The topological polar surface area (TPSA) is 53.6 Å². The van der Waals surface area contributed by atoms with Crippen molar-refractivity contribution in [3.05, 3.63) is 35.7 Å². The molecule has 0 spiro atoms. The summed E-state index contributed by atoms with van der Waals surface area (Å²) < 4.78 is 39.5. The summed E-state index contributed by atoms with van der Waals surface area (Å²) in [7, 11) is 0. The van der Waals surface area contributed by atoms with Crippen LogP contribution in [-0.4, -0.2) is 21.7 Å². The highest BCUT2D eigenvalue weighted by Gasteiger charge is 2.34. The summed E-state index contributed by atoms with van der Waals surface area (Å²) in [4.78, 5) is 3.94. The van der Waals surface area contributed by atoms with Gasteiger partial charge in [0.1, 0.15) is 6.33 Å². The van der Waals surface area contributed by atoms with Crippen LogP contribution in [0.3, 0.4) is 0 Å². The zero-order valence-corrected chi connectivity index (χ0v) is 12.2. The first-order valence-electron chi connectivity index (χ1n) is 6.44. The second-order valence-electron chi connectivity index (χ2n) is 4.40. The van der Waals surface area contributed by atoms with Crippen LogP contribution in [0.4, 0.5) is 13.2 Å². The zero-order chi connectivity index (χ0) is 15.3. The minimum absolute atomic E-state index is 0.110. The normalized spacial score (nSPS) is 11.8. The van der Waals surface area contributed by atoms with Crippen molar-refractivity contribution in [1.29, 1.82) is 0 Å². The van der Waals surface area contributed by atoms with Crippen molar-refractivity contribution in [1.82, 2.24) is 20.5 Å². The number of hydrogen-bond acceptors (Lipinski definition) is 4. The number of rotatable bonds is 6. The van der Waals surface area contributed by atoms with Gasteiger partial charge in [-0.1, -0.05) is 13.0 Å². The van der Waals surface area contributed by atoms with Gasteiger partial charge in [0, 0.05) is 11.4 Å². The van der Waals surface area contributed by atoms with Crippen molar-refractivity contribution in [2.24, 2.45) is 0 Å². The Labute approximate surface area is 124 Å². The summed E-state index contributed by atoms with van der Waals surface area (Å²) in [6, 6.07) is 4.34. The largest absolute Gasteiger partial charge is 0.417 e. The van der Waals surface area contributed by atoms with Crippen LogP contribution < -0.4 is 5.32 Å². The molecule has 0 unspecified atom stereocenters. The van der Waals surface area contributed by atoms with Gasteiger partial charge in [-0.15, -0.1) is 0 Å². The van der Waals surface area contributed by atoms with Crippen LogP contribution in [0.1, 0.15) is 24.5 Å². The number of hydrogen-bond donors (Lipinski definition) is 2. The molecule has 4 nitrogen and oxygen atoms in total. The minimum Gasteiger partial charge on any atom is -0.313 e. The second-order valence-corrected chi connectivity index (χ2v) is 5.43. The van der Waals surface area contributed by atoms with Crippen LogP contribution in [0.2, 0.25) is 0 Å². The Morgan fingerprint density at radius 1 is 1.33 bits per heavy atom. The van der Waals surface area contributed by atoms with Gasteiger partial charge >= 0.3 is 6.18 Å². The Balaban J connectivity index is 2.23. The number of nitrogens with zero attached hydrogens (tertiary/aromatic N) is 2. The molecule has 0 atom stereocenters. The van der Waals surface area contributed by atoms with Crippen LogP contribution in [-0.2, 0) is 12.7 Å². The molecule has 2 N–H and O–H groups in total. The van der Waals surface area contributed by atoms with Crippen molar-refractivity contribution in [3.8, 4) is 0 Å². The summed E-state index contributed by atoms with van der Waals surface area (Å²) in [6.07, 6.45) is -2.20. The lowest BCUT2D eigenvalue weighted by molar-refractivity contribution is -0.139. The maximum absolute atomic E-state index is 13.2. The van der Waals surface area contributed by atoms with E-state index in [2.05, 4.69) is 20.5 Å². The molecule has 0 saturated carbocycles. The van der Waals surface area contributed by atoms with E-state index in [-0.39, 0.29) is 4.90 Å². The number of benzene rings is 1. The van der Waals surface area contributed by atoms with Gasteiger partial charge in [0.15, 0.2) is 5.16 Å². The SMILES string of the molecule is CCCNCc1ccc(Sc2ncn[nH]2)c(C(F)(F)F)c1. The molecule has 0 bridgehead atoms. The molecule has 0 amide bonds. The fourth-order valence-corrected chi connectivity index (χ4v) is 2.58. The first kappa shape index (κ1) is 15.8. The molecule has 1 aromatic heterocycles. The molecule has 2 aromatic rings. The predicted octanol–water partition coefficient (Wildman–Crippen LogP) is 3.47. The van der Waals surface area contributed by atoms with E-state index in [4.69, 9.17) is 0 Å². The lowest BCUT2D eigenvalue weighted by atomic mass is 10.1. The van der Waals surface area contributed by atoms with Crippen LogP contribution in [0.25, 0.3) is 0 Å². The van der Waals surface area contributed by atoms with Crippen molar-refractivity contribution in [2.45, 2.75) is 36.1 Å². The summed E-state index contributed by atoms with van der Waals surface area (Å²) in [5, 5.41) is 9.60. The summed E-state index contributed by atoms with van der Waals surface area (Å²) in [5.74, 6) is 0. The number of H-pyrrole nitrogens is 1. The highest BCUT2D eigenvalue weighted by atomic mass is 32.2. The van der Waals surface area contributed by atoms with Gasteiger partial charge in [0.25, 0.3) is 0 Å². The van der Waals surface area contributed by atoms with Gasteiger partial charge in [-0.05, 0) is 42.4 Å². The summed E-state index contributed by atoms with van der Waals surface area (Å²) >= 11 is 0.915. The van der Waals surface area contributed by atoms with Crippen molar-refractivity contribution in [2.75, 3.05) is 6.54 Å². The highest BCUT2D eigenvalue weighted by molar-refractivity contribution is 7.99. The molecule has 0 aliphatic carbocycles. The van der Waals surface area contributed by atoms with E-state index >= 15 is 0 Å². The average molecular weight is 316 g/mol. The molecule has 114 valence electrons. The third-order valence-corrected chi connectivity index (χ3v) is 3.67. The minimum atomic E-state index is -4.40. The maximum Gasteiger partial charge on any atom is 0.417 e. The number of aromatic nitrogens is 3. The van der Waals surface area contributed by atoms with Gasteiger partial charge < -0.3 is 5.32 Å². The Morgan fingerprint density at radius 3 is 2.76 bits per heavy atom. The van der Waals surface area contributed by atoms with E-state index < -0.39 is 11.7 Å². The van der Waals surface area contributed by atoms with Crippen molar-refractivity contribution < 1.29 is 13.2 Å². The Kier molecular flexibility index (Phi) is 5.24. The number of alkyl halides is 3.